The molecule has 0 spiro atoms. The Kier molecular flexibility index (Phi) is 4.24. The van der Waals surface area contributed by atoms with Gasteiger partial charge >= 0.3 is 5.97 Å². The largest absolute Gasteiger partial charge is 0.495 e. The first-order valence-corrected chi connectivity index (χ1v) is 7.21. The molecule has 0 fully saturated rings. The Morgan fingerprint density at radius 2 is 2.19 bits per heavy atom. The molecule has 8 nitrogen and oxygen atoms in total. The van der Waals surface area contributed by atoms with Gasteiger partial charge in [0.2, 0.25) is 15.8 Å². The minimum Gasteiger partial charge on any atom is -0.495 e. The summed E-state index contributed by atoms with van der Waals surface area (Å²) in [5.74, 6) is -0.982. The maximum absolute atomic E-state index is 12.0. The molecule has 0 atom stereocenters. The van der Waals surface area contributed by atoms with Crippen molar-refractivity contribution >= 4 is 16.0 Å². The summed E-state index contributed by atoms with van der Waals surface area (Å²) in [6.45, 7) is -0.174. The standard InChI is InChI=1S/C12H12N2O6S/c1-19-9-4-10(7-13-5-9)21(17,18)14-6-8-2-3-11(20-8)12(15)16/h2-5,7,14H,6H2,1H3,(H,15,16). The fourth-order valence-corrected chi connectivity index (χ4v) is 2.46. The van der Waals surface area contributed by atoms with Crippen LogP contribution in [0.5, 0.6) is 5.75 Å². The van der Waals surface area contributed by atoms with Crippen LogP contribution in [0.1, 0.15) is 16.3 Å². The number of nitrogens with zero attached hydrogens (tertiary/aromatic N) is 1. The SMILES string of the molecule is COc1cncc(S(=O)(=O)NCc2ccc(C(=O)O)o2)c1. The third kappa shape index (κ3) is 3.58. The van der Waals surface area contributed by atoms with Crippen molar-refractivity contribution < 1.29 is 27.5 Å². The van der Waals surface area contributed by atoms with Gasteiger partial charge in [-0.25, -0.2) is 17.9 Å². The molecule has 9 heteroatoms. The van der Waals surface area contributed by atoms with E-state index in [4.69, 9.17) is 14.3 Å². The van der Waals surface area contributed by atoms with Crippen molar-refractivity contribution in [3.63, 3.8) is 0 Å². The molecule has 0 unspecified atom stereocenters. The highest BCUT2D eigenvalue weighted by molar-refractivity contribution is 7.89. The molecular weight excluding hydrogens is 300 g/mol. The zero-order valence-corrected chi connectivity index (χ0v) is 11.8. The Morgan fingerprint density at radius 3 is 2.81 bits per heavy atom. The van der Waals surface area contributed by atoms with Crippen molar-refractivity contribution in [2.45, 2.75) is 11.4 Å². The molecule has 0 amide bonds. The van der Waals surface area contributed by atoms with Gasteiger partial charge in [0.25, 0.3) is 0 Å². The fraction of sp³-hybridized carbons (Fsp3) is 0.167. The van der Waals surface area contributed by atoms with Crippen LogP contribution in [-0.2, 0) is 16.6 Å². The summed E-state index contributed by atoms with van der Waals surface area (Å²) >= 11 is 0. The summed E-state index contributed by atoms with van der Waals surface area (Å²) in [6, 6.07) is 3.95. The summed E-state index contributed by atoms with van der Waals surface area (Å²) < 4.78 is 36.2. The summed E-state index contributed by atoms with van der Waals surface area (Å²) in [4.78, 5) is 14.3. The van der Waals surface area contributed by atoms with Crippen LogP contribution in [0.25, 0.3) is 0 Å². The Balaban J connectivity index is 2.11. The van der Waals surface area contributed by atoms with E-state index < -0.39 is 16.0 Å². The molecule has 0 radical (unpaired) electrons. The molecular formula is C12H12N2O6S. The number of aromatic nitrogens is 1. The molecule has 112 valence electrons. The Labute approximate surface area is 120 Å². The van der Waals surface area contributed by atoms with Crippen molar-refractivity contribution in [1.29, 1.82) is 0 Å². The topological polar surface area (TPSA) is 119 Å². The lowest BCUT2D eigenvalue weighted by Gasteiger charge is -2.06. The second kappa shape index (κ2) is 5.94. The number of carboxylic acids is 1. The quantitative estimate of drug-likeness (QED) is 0.811. The number of carbonyl (C=O) groups is 1. The molecule has 0 saturated heterocycles. The van der Waals surface area contributed by atoms with Crippen molar-refractivity contribution in [3.05, 3.63) is 42.1 Å². The highest BCUT2D eigenvalue weighted by Crippen LogP contribution is 2.15. The van der Waals surface area contributed by atoms with E-state index in [9.17, 15) is 13.2 Å². The van der Waals surface area contributed by atoms with Gasteiger partial charge < -0.3 is 14.3 Å². The lowest BCUT2D eigenvalue weighted by atomic mass is 10.4. The molecule has 21 heavy (non-hydrogen) atoms. The molecule has 0 aliphatic carbocycles. The number of carboxylic acid groups (broad SMARTS) is 1. The Bertz CT molecular complexity index is 753. The number of hydrogen-bond donors (Lipinski definition) is 2. The maximum Gasteiger partial charge on any atom is 0.371 e. The summed E-state index contributed by atoms with van der Waals surface area (Å²) in [6.07, 6.45) is 2.56. The van der Waals surface area contributed by atoms with E-state index in [1.807, 2.05) is 0 Å². The van der Waals surface area contributed by atoms with Gasteiger partial charge in [0.15, 0.2) is 0 Å². The van der Waals surface area contributed by atoms with Gasteiger partial charge in [-0.3, -0.25) is 4.98 Å². The Hall–Kier alpha value is -2.39. The van der Waals surface area contributed by atoms with E-state index in [2.05, 4.69) is 9.71 Å². The third-order valence-electron chi connectivity index (χ3n) is 2.54. The Morgan fingerprint density at radius 1 is 1.43 bits per heavy atom. The van der Waals surface area contributed by atoms with Crippen LogP contribution < -0.4 is 9.46 Å². The minimum atomic E-state index is -3.80. The predicted octanol–water partition coefficient (Wildman–Crippen LogP) is 0.860. The average molecular weight is 312 g/mol. The lowest BCUT2D eigenvalue weighted by Crippen LogP contribution is -2.23. The molecule has 2 heterocycles. The van der Waals surface area contributed by atoms with E-state index in [0.29, 0.717) is 5.75 Å². The number of methoxy groups -OCH3 is 1. The molecule has 2 N–H and O–H groups in total. The molecule has 2 rings (SSSR count). The van der Waals surface area contributed by atoms with E-state index in [0.717, 1.165) is 0 Å². The van der Waals surface area contributed by atoms with Gasteiger partial charge in [0, 0.05) is 12.3 Å². The number of rotatable bonds is 6. The zero-order chi connectivity index (χ0) is 15.5. The highest BCUT2D eigenvalue weighted by atomic mass is 32.2. The van der Waals surface area contributed by atoms with Crippen molar-refractivity contribution in [3.8, 4) is 5.75 Å². The van der Waals surface area contributed by atoms with Crippen LogP contribution >= 0.6 is 0 Å². The van der Waals surface area contributed by atoms with Crippen LogP contribution in [0, 0.1) is 0 Å². The van der Waals surface area contributed by atoms with Crippen LogP contribution in [0.3, 0.4) is 0 Å². The normalized spacial score (nSPS) is 11.3. The number of ether oxygens (including phenoxy) is 1. The number of aromatic carboxylic acids is 1. The smallest absolute Gasteiger partial charge is 0.371 e. The van der Waals surface area contributed by atoms with Gasteiger partial charge in [0.05, 0.1) is 19.9 Å². The van der Waals surface area contributed by atoms with Crippen molar-refractivity contribution in [2.75, 3.05) is 7.11 Å². The first kappa shape index (κ1) is 15.0. The number of sulfonamides is 1. The van der Waals surface area contributed by atoms with Crippen LogP contribution in [0.2, 0.25) is 0 Å². The average Bonchev–Trinajstić information content (AvgIpc) is 2.94. The van der Waals surface area contributed by atoms with Gasteiger partial charge in [-0.1, -0.05) is 0 Å². The summed E-state index contributed by atoms with van der Waals surface area (Å²) in [5.41, 5.74) is 0. The third-order valence-corrected chi connectivity index (χ3v) is 3.91. The summed E-state index contributed by atoms with van der Waals surface area (Å²) in [5, 5.41) is 8.71. The zero-order valence-electron chi connectivity index (χ0n) is 10.9. The van der Waals surface area contributed by atoms with E-state index in [1.165, 1.54) is 37.7 Å². The van der Waals surface area contributed by atoms with Crippen molar-refractivity contribution in [1.82, 2.24) is 9.71 Å². The second-order valence-corrected chi connectivity index (χ2v) is 5.72. The van der Waals surface area contributed by atoms with E-state index in [1.54, 1.807) is 0 Å². The monoisotopic (exact) mass is 312 g/mol. The molecule has 0 aliphatic heterocycles. The van der Waals surface area contributed by atoms with Crippen LogP contribution in [0.15, 0.2) is 39.9 Å². The van der Waals surface area contributed by atoms with Crippen molar-refractivity contribution in [2.24, 2.45) is 0 Å². The maximum atomic E-state index is 12.0. The molecule has 2 aromatic rings. The van der Waals surface area contributed by atoms with Gasteiger partial charge in [-0.15, -0.1) is 0 Å². The van der Waals surface area contributed by atoms with Gasteiger partial charge in [-0.2, -0.15) is 0 Å². The number of pyridine rings is 1. The van der Waals surface area contributed by atoms with Gasteiger partial charge in [0.1, 0.15) is 16.4 Å². The molecule has 0 bridgehead atoms. The first-order valence-electron chi connectivity index (χ1n) is 5.73. The predicted molar refractivity (Wildman–Crippen MR) is 70.5 cm³/mol. The minimum absolute atomic E-state index is 0.0631. The van der Waals surface area contributed by atoms with Crippen LogP contribution in [-0.4, -0.2) is 31.6 Å². The first-order chi connectivity index (χ1) is 9.92. The lowest BCUT2D eigenvalue weighted by molar-refractivity contribution is 0.0660. The van der Waals surface area contributed by atoms with Crippen LogP contribution in [0.4, 0.5) is 0 Å². The van der Waals surface area contributed by atoms with Gasteiger partial charge in [-0.05, 0) is 12.1 Å². The molecule has 2 aromatic heterocycles. The van der Waals surface area contributed by atoms with E-state index >= 15 is 0 Å². The van der Waals surface area contributed by atoms with E-state index in [-0.39, 0.29) is 23.0 Å². The number of hydrogen-bond acceptors (Lipinski definition) is 6. The second-order valence-electron chi connectivity index (χ2n) is 3.96. The number of nitrogens with one attached hydrogen (secondary N) is 1. The fourth-order valence-electron chi connectivity index (χ4n) is 1.49. The number of furan rings is 1. The molecule has 0 saturated carbocycles. The highest BCUT2D eigenvalue weighted by Gasteiger charge is 2.17. The molecule has 0 aromatic carbocycles. The molecule has 0 aliphatic rings. The summed E-state index contributed by atoms with van der Waals surface area (Å²) in [7, 11) is -2.40.